The van der Waals surface area contributed by atoms with E-state index in [2.05, 4.69) is 10.2 Å². The van der Waals surface area contributed by atoms with Crippen molar-refractivity contribution >= 4 is 5.91 Å². The maximum absolute atomic E-state index is 12.1. The highest BCUT2D eigenvalue weighted by Crippen LogP contribution is 2.34. The largest absolute Gasteiger partial charge is 0.336 e. The molecule has 1 heterocycles. The molecular weight excluding hydrogens is 204 g/mol. The number of nitrogens with zero attached hydrogens (tertiary/aromatic N) is 2. The molecule has 2 rings (SSSR count). The molecule has 5 nitrogen and oxygen atoms in total. The SMILES string of the molecule is Cc1cc(C(=O)N(C)C(CN)C2CC2)n[nH]1. The predicted octanol–water partition coefficient (Wildman–Crippen LogP) is 0.527. The molecule has 1 aliphatic rings. The number of aromatic amines is 1. The molecule has 1 fully saturated rings. The molecule has 5 heteroatoms. The molecule has 1 unspecified atom stereocenters. The number of likely N-dealkylation sites (N-methyl/N-ethyl adjacent to an activating group) is 1. The highest BCUT2D eigenvalue weighted by molar-refractivity contribution is 5.92. The van der Waals surface area contributed by atoms with Gasteiger partial charge < -0.3 is 10.6 Å². The van der Waals surface area contributed by atoms with Gasteiger partial charge in [0.15, 0.2) is 0 Å². The molecule has 0 saturated heterocycles. The molecule has 1 saturated carbocycles. The first kappa shape index (κ1) is 11.1. The van der Waals surface area contributed by atoms with Crippen LogP contribution in [-0.2, 0) is 0 Å². The first-order chi connectivity index (χ1) is 7.63. The van der Waals surface area contributed by atoms with Crippen LogP contribution < -0.4 is 5.73 Å². The van der Waals surface area contributed by atoms with Gasteiger partial charge in [0, 0.05) is 25.3 Å². The van der Waals surface area contributed by atoms with E-state index in [0.717, 1.165) is 5.69 Å². The number of nitrogens with one attached hydrogen (secondary N) is 1. The Balaban J connectivity index is 2.08. The number of carbonyl (C=O) groups is 1. The van der Waals surface area contributed by atoms with Crippen LogP contribution >= 0.6 is 0 Å². The number of H-pyrrole nitrogens is 1. The lowest BCUT2D eigenvalue weighted by Gasteiger charge is -2.26. The summed E-state index contributed by atoms with van der Waals surface area (Å²) in [5, 5.41) is 6.75. The number of aryl methyl sites for hydroxylation is 1. The Morgan fingerprint density at radius 3 is 2.88 bits per heavy atom. The smallest absolute Gasteiger partial charge is 0.274 e. The highest BCUT2D eigenvalue weighted by Gasteiger charge is 2.35. The zero-order valence-electron chi connectivity index (χ0n) is 9.73. The molecule has 0 aromatic carbocycles. The van der Waals surface area contributed by atoms with E-state index in [4.69, 9.17) is 5.73 Å². The molecule has 0 radical (unpaired) electrons. The second-order valence-corrected chi connectivity index (χ2v) is 4.49. The van der Waals surface area contributed by atoms with Crippen LogP contribution in [0, 0.1) is 12.8 Å². The molecule has 88 valence electrons. The summed E-state index contributed by atoms with van der Waals surface area (Å²) >= 11 is 0. The van der Waals surface area contributed by atoms with Crippen molar-refractivity contribution in [2.45, 2.75) is 25.8 Å². The van der Waals surface area contributed by atoms with Gasteiger partial charge in [0.25, 0.3) is 5.91 Å². The minimum absolute atomic E-state index is 0.0494. The van der Waals surface area contributed by atoms with E-state index in [1.54, 1.807) is 11.0 Å². The zero-order valence-corrected chi connectivity index (χ0v) is 9.73. The Bertz CT molecular complexity index is 383. The standard InChI is InChI=1S/C11H18N4O/c1-7-5-9(14-13-7)11(16)15(2)10(6-12)8-3-4-8/h5,8,10H,3-4,6,12H2,1-2H3,(H,13,14). The van der Waals surface area contributed by atoms with Crippen molar-refractivity contribution in [3.05, 3.63) is 17.5 Å². The lowest BCUT2D eigenvalue weighted by molar-refractivity contribution is 0.0712. The number of nitrogens with two attached hydrogens (primary N) is 1. The molecule has 0 spiro atoms. The van der Waals surface area contributed by atoms with Gasteiger partial charge in [-0.3, -0.25) is 9.89 Å². The van der Waals surface area contributed by atoms with Gasteiger partial charge in [0.05, 0.1) is 0 Å². The summed E-state index contributed by atoms with van der Waals surface area (Å²) in [5.74, 6) is 0.533. The number of hydrogen-bond donors (Lipinski definition) is 2. The molecule has 0 bridgehead atoms. The van der Waals surface area contributed by atoms with Crippen molar-refractivity contribution in [2.75, 3.05) is 13.6 Å². The van der Waals surface area contributed by atoms with E-state index in [1.807, 2.05) is 14.0 Å². The van der Waals surface area contributed by atoms with Gasteiger partial charge in [0.1, 0.15) is 5.69 Å². The van der Waals surface area contributed by atoms with Crippen LogP contribution in [0.4, 0.5) is 0 Å². The third kappa shape index (κ3) is 2.09. The summed E-state index contributed by atoms with van der Waals surface area (Å²) in [6.07, 6.45) is 2.36. The van der Waals surface area contributed by atoms with Crippen LogP contribution in [0.25, 0.3) is 0 Å². The topological polar surface area (TPSA) is 75.0 Å². The van der Waals surface area contributed by atoms with E-state index in [-0.39, 0.29) is 11.9 Å². The lowest BCUT2D eigenvalue weighted by Crippen LogP contribution is -2.43. The summed E-state index contributed by atoms with van der Waals surface area (Å²) in [5.41, 5.74) is 7.08. The minimum atomic E-state index is -0.0494. The van der Waals surface area contributed by atoms with E-state index in [1.165, 1.54) is 12.8 Å². The van der Waals surface area contributed by atoms with Crippen LogP contribution in [0.15, 0.2) is 6.07 Å². The van der Waals surface area contributed by atoms with Crippen LogP contribution in [0.3, 0.4) is 0 Å². The summed E-state index contributed by atoms with van der Waals surface area (Å²) in [6.45, 7) is 2.40. The van der Waals surface area contributed by atoms with E-state index < -0.39 is 0 Å². The third-order valence-corrected chi connectivity index (χ3v) is 3.15. The number of amides is 1. The van der Waals surface area contributed by atoms with Gasteiger partial charge in [-0.25, -0.2) is 0 Å². The molecule has 1 atom stereocenters. The first-order valence-electron chi connectivity index (χ1n) is 5.62. The average Bonchev–Trinajstić information content (AvgIpc) is 3.00. The van der Waals surface area contributed by atoms with Crippen molar-refractivity contribution in [3.63, 3.8) is 0 Å². The summed E-state index contributed by atoms with van der Waals surface area (Å²) < 4.78 is 0. The summed E-state index contributed by atoms with van der Waals surface area (Å²) in [6, 6.07) is 1.92. The maximum atomic E-state index is 12.1. The third-order valence-electron chi connectivity index (χ3n) is 3.15. The van der Waals surface area contributed by atoms with Crippen molar-refractivity contribution < 1.29 is 4.79 Å². The Morgan fingerprint density at radius 2 is 2.44 bits per heavy atom. The lowest BCUT2D eigenvalue weighted by atomic mass is 10.1. The predicted molar refractivity (Wildman–Crippen MR) is 61.0 cm³/mol. The molecular formula is C11H18N4O. The van der Waals surface area contributed by atoms with Gasteiger partial charge in [-0.1, -0.05) is 0 Å². The van der Waals surface area contributed by atoms with Gasteiger partial charge in [-0.05, 0) is 31.7 Å². The summed E-state index contributed by atoms with van der Waals surface area (Å²) in [4.78, 5) is 13.8. The maximum Gasteiger partial charge on any atom is 0.274 e. The number of hydrogen-bond acceptors (Lipinski definition) is 3. The molecule has 0 aliphatic heterocycles. The summed E-state index contributed by atoms with van der Waals surface area (Å²) in [7, 11) is 1.81. The fourth-order valence-electron chi connectivity index (χ4n) is 2.01. The average molecular weight is 222 g/mol. The van der Waals surface area contributed by atoms with E-state index in [0.29, 0.717) is 18.2 Å². The molecule has 16 heavy (non-hydrogen) atoms. The second kappa shape index (κ2) is 4.25. The Morgan fingerprint density at radius 1 is 1.75 bits per heavy atom. The quantitative estimate of drug-likeness (QED) is 0.780. The van der Waals surface area contributed by atoms with Gasteiger partial charge in [0.2, 0.25) is 0 Å². The Kier molecular flexibility index (Phi) is 2.96. The normalized spacial score (nSPS) is 17.2. The van der Waals surface area contributed by atoms with Crippen molar-refractivity contribution in [1.29, 1.82) is 0 Å². The van der Waals surface area contributed by atoms with Crippen LogP contribution in [0.1, 0.15) is 29.0 Å². The van der Waals surface area contributed by atoms with E-state index in [9.17, 15) is 4.79 Å². The fourth-order valence-corrected chi connectivity index (χ4v) is 2.01. The number of aromatic nitrogens is 2. The van der Waals surface area contributed by atoms with Crippen LogP contribution in [0.2, 0.25) is 0 Å². The highest BCUT2D eigenvalue weighted by atomic mass is 16.2. The second-order valence-electron chi connectivity index (χ2n) is 4.49. The van der Waals surface area contributed by atoms with Gasteiger partial charge in [-0.15, -0.1) is 0 Å². The van der Waals surface area contributed by atoms with Crippen molar-refractivity contribution in [1.82, 2.24) is 15.1 Å². The van der Waals surface area contributed by atoms with E-state index >= 15 is 0 Å². The van der Waals surface area contributed by atoms with Crippen LogP contribution in [-0.4, -0.2) is 40.6 Å². The number of rotatable bonds is 4. The monoisotopic (exact) mass is 222 g/mol. The first-order valence-corrected chi connectivity index (χ1v) is 5.62. The fraction of sp³-hybridized carbons (Fsp3) is 0.636. The molecule has 3 N–H and O–H groups in total. The van der Waals surface area contributed by atoms with Crippen molar-refractivity contribution in [2.24, 2.45) is 11.7 Å². The van der Waals surface area contributed by atoms with Gasteiger partial charge >= 0.3 is 0 Å². The molecule has 1 aromatic rings. The number of carbonyl (C=O) groups excluding carboxylic acids is 1. The molecule has 1 amide bonds. The van der Waals surface area contributed by atoms with Gasteiger partial charge in [-0.2, -0.15) is 5.10 Å². The Labute approximate surface area is 95.0 Å². The zero-order chi connectivity index (χ0) is 11.7. The minimum Gasteiger partial charge on any atom is -0.336 e. The van der Waals surface area contributed by atoms with Crippen LogP contribution in [0.5, 0.6) is 0 Å². The Hall–Kier alpha value is -1.36. The molecule has 1 aliphatic carbocycles. The van der Waals surface area contributed by atoms with Crippen molar-refractivity contribution in [3.8, 4) is 0 Å². The molecule has 1 aromatic heterocycles.